The molecule has 0 bridgehead atoms. The van der Waals surface area contributed by atoms with Gasteiger partial charge in [0, 0.05) is 13.5 Å². The number of nitrogens with one attached hydrogen (secondary N) is 2. The average molecular weight is 313 g/mol. The molecule has 0 amide bonds. The van der Waals surface area contributed by atoms with Crippen molar-refractivity contribution in [3.05, 3.63) is 23.8 Å². The molecule has 0 unspecified atom stereocenters. The van der Waals surface area contributed by atoms with Gasteiger partial charge in [0.2, 0.25) is 0 Å². The average Bonchev–Trinajstić information content (AvgIpc) is 3.06. The summed E-state index contributed by atoms with van der Waals surface area (Å²) in [5, 5.41) is 15.3. The van der Waals surface area contributed by atoms with Gasteiger partial charge in [-0.25, -0.2) is 4.98 Å². The van der Waals surface area contributed by atoms with Crippen molar-refractivity contribution < 1.29 is 13.6 Å². The third kappa shape index (κ3) is 2.81. The molecule has 2 aromatic heterocycles. The second kappa shape index (κ2) is 5.44. The molecule has 0 aromatic carbocycles. The van der Waals surface area contributed by atoms with Gasteiger partial charge in [-0.3, -0.25) is 9.40 Å². The maximum absolute atomic E-state index is 12.3. The van der Waals surface area contributed by atoms with Gasteiger partial charge in [0.25, 0.3) is 10.0 Å². The van der Waals surface area contributed by atoms with E-state index in [9.17, 15) is 8.42 Å². The molecule has 10 nitrogen and oxygen atoms in total. The molecular formula is C10H15N7O3S. The van der Waals surface area contributed by atoms with Gasteiger partial charge in [0.05, 0.1) is 18.0 Å². The van der Waals surface area contributed by atoms with Crippen LogP contribution in [-0.2, 0) is 23.5 Å². The molecule has 5 N–H and O–H groups in total. The molecular weight excluding hydrogens is 298 g/mol. The van der Waals surface area contributed by atoms with Gasteiger partial charge in [-0.1, -0.05) is 12.1 Å². The van der Waals surface area contributed by atoms with Crippen LogP contribution in [0.25, 0.3) is 0 Å². The summed E-state index contributed by atoms with van der Waals surface area (Å²) in [6, 6.07) is 0. The van der Waals surface area contributed by atoms with Crippen LogP contribution in [0.2, 0.25) is 0 Å². The van der Waals surface area contributed by atoms with Crippen molar-refractivity contribution in [1.82, 2.24) is 19.7 Å². The van der Waals surface area contributed by atoms with Crippen molar-refractivity contribution in [1.29, 1.82) is 0 Å². The lowest BCUT2D eigenvalue weighted by atomic mass is 10.3. The summed E-state index contributed by atoms with van der Waals surface area (Å²) in [7, 11) is -2.36. The molecule has 0 spiro atoms. The van der Waals surface area contributed by atoms with E-state index >= 15 is 0 Å². The fraction of sp³-hybridized carbons (Fsp3) is 0.300. The number of nitrogens with zero attached hydrogens (tertiary/aromatic N) is 4. The summed E-state index contributed by atoms with van der Waals surface area (Å²) in [6.45, 7) is 1.85. The first kappa shape index (κ1) is 14.8. The van der Waals surface area contributed by atoms with Gasteiger partial charge < -0.3 is 15.9 Å². The summed E-state index contributed by atoms with van der Waals surface area (Å²) < 4.78 is 28.2. The lowest BCUT2D eigenvalue weighted by Crippen LogP contribution is -2.20. The summed E-state index contributed by atoms with van der Waals surface area (Å²) in [5.74, 6) is 0.384. The SMILES string of the molecule is CCc1ncc(S(=O)(=O)Nc2c(C(N)=NO)cnn2C)[nH]1. The highest BCUT2D eigenvalue weighted by Gasteiger charge is 2.22. The second-order valence-electron chi connectivity index (χ2n) is 4.17. The van der Waals surface area contributed by atoms with Crippen molar-refractivity contribution in [2.24, 2.45) is 17.9 Å². The highest BCUT2D eigenvalue weighted by Crippen LogP contribution is 2.18. The number of H-pyrrole nitrogens is 1. The molecule has 114 valence electrons. The molecule has 2 aromatic rings. The van der Waals surface area contributed by atoms with Gasteiger partial charge in [-0.05, 0) is 0 Å². The third-order valence-corrected chi connectivity index (χ3v) is 4.03. The van der Waals surface area contributed by atoms with Crippen LogP contribution < -0.4 is 10.5 Å². The monoisotopic (exact) mass is 313 g/mol. The molecule has 0 fully saturated rings. The smallest absolute Gasteiger partial charge is 0.280 e. The fourth-order valence-electron chi connectivity index (χ4n) is 1.64. The Morgan fingerprint density at radius 3 is 2.86 bits per heavy atom. The van der Waals surface area contributed by atoms with E-state index in [4.69, 9.17) is 10.9 Å². The Balaban J connectivity index is 2.39. The topological polar surface area (TPSA) is 151 Å². The second-order valence-corrected chi connectivity index (χ2v) is 5.82. The lowest BCUT2D eigenvalue weighted by Gasteiger charge is -2.08. The number of sulfonamides is 1. The Hall–Kier alpha value is -2.56. The van der Waals surface area contributed by atoms with Crippen LogP contribution >= 0.6 is 0 Å². The third-order valence-electron chi connectivity index (χ3n) is 2.78. The van der Waals surface area contributed by atoms with Gasteiger partial charge in [-0.2, -0.15) is 13.5 Å². The van der Waals surface area contributed by atoms with E-state index in [0.29, 0.717) is 12.2 Å². The van der Waals surface area contributed by atoms with Crippen molar-refractivity contribution in [3.63, 3.8) is 0 Å². The fourth-order valence-corrected chi connectivity index (χ4v) is 2.69. The summed E-state index contributed by atoms with van der Waals surface area (Å²) in [4.78, 5) is 6.64. The number of aromatic nitrogens is 4. The van der Waals surface area contributed by atoms with Crippen molar-refractivity contribution in [2.75, 3.05) is 4.72 Å². The maximum Gasteiger partial charge on any atom is 0.280 e. The molecule has 0 atom stereocenters. The Kier molecular flexibility index (Phi) is 3.84. The maximum atomic E-state index is 12.3. The molecule has 0 aliphatic heterocycles. The van der Waals surface area contributed by atoms with E-state index in [1.165, 1.54) is 24.1 Å². The molecule has 2 heterocycles. The largest absolute Gasteiger partial charge is 0.409 e. The first-order chi connectivity index (χ1) is 9.89. The molecule has 0 saturated heterocycles. The standard InChI is InChI=1S/C10H15N7O3S/c1-3-7-12-5-8(14-7)21(19,20)16-10-6(9(11)15-18)4-13-17(10)2/h4-5,16,18H,3H2,1-2H3,(H2,11,15)(H,12,14). The molecule has 2 rings (SSSR count). The number of amidine groups is 1. The first-order valence-corrected chi connectivity index (χ1v) is 7.44. The number of anilines is 1. The van der Waals surface area contributed by atoms with E-state index in [-0.39, 0.29) is 22.2 Å². The van der Waals surface area contributed by atoms with E-state index in [2.05, 4.69) is 24.9 Å². The molecule has 0 radical (unpaired) electrons. The Morgan fingerprint density at radius 1 is 1.57 bits per heavy atom. The molecule has 0 saturated carbocycles. The van der Waals surface area contributed by atoms with Crippen LogP contribution in [0.3, 0.4) is 0 Å². The molecule has 21 heavy (non-hydrogen) atoms. The minimum absolute atomic E-state index is 0.0778. The zero-order chi connectivity index (χ0) is 15.6. The molecule has 0 aliphatic carbocycles. The van der Waals surface area contributed by atoms with Crippen LogP contribution in [0.5, 0.6) is 0 Å². The Morgan fingerprint density at radius 2 is 2.29 bits per heavy atom. The van der Waals surface area contributed by atoms with Crippen molar-refractivity contribution >= 4 is 21.7 Å². The number of oxime groups is 1. The number of hydrogen-bond donors (Lipinski definition) is 4. The van der Waals surface area contributed by atoms with Crippen LogP contribution in [0.4, 0.5) is 5.82 Å². The highest BCUT2D eigenvalue weighted by atomic mass is 32.2. The highest BCUT2D eigenvalue weighted by molar-refractivity contribution is 7.92. The number of aryl methyl sites for hydroxylation is 2. The summed E-state index contributed by atoms with van der Waals surface area (Å²) in [5.41, 5.74) is 5.65. The zero-order valence-corrected chi connectivity index (χ0v) is 12.2. The van der Waals surface area contributed by atoms with Crippen molar-refractivity contribution in [2.45, 2.75) is 18.4 Å². The van der Waals surface area contributed by atoms with Crippen LogP contribution in [0.15, 0.2) is 22.6 Å². The quantitative estimate of drug-likeness (QED) is 0.255. The Labute approximate surface area is 120 Å². The predicted molar refractivity (Wildman–Crippen MR) is 74.5 cm³/mol. The lowest BCUT2D eigenvalue weighted by molar-refractivity contribution is 0.318. The minimum Gasteiger partial charge on any atom is -0.409 e. The van der Waals surface area contributed by atoms with Gasteiger partial charge in [0.15, 0.2) is 10.9 Å². The number of rotatable bonds is 5. The van der Waals surface area contributed by atoms with Crippen LogP contribution in [-0.4, -0.2) is 39.2 Å². The molecule has 11 heteroatoms. The summed E-state index contributed by atoms with van der Waals surface area (Å²) >= 11 is 0. The first-order valence-electron chi connectivity index (χ1n) is 5.95. The van der Waals surface area contributed by atoms with Gasteiger partial charge >= 0.3 is 0 Å². The Bertz CT molecular complexity index is 774. The molecule has 0 aliphatic rings. The van der Waals surface area contributed by atoms with Crippen LogP contribution in [0.1, 0.15) is 18.3 Å². The van der Waals surface area contributed by atoms with Crippen LogP contribution in [0, 0.1) is 0 Å². The van der Waals surface area contributed by atoms with Gasteiger partial charge in [0.1, 0.15) is 11.6 Å². The normalized spacial score (nSPS) is 12.6. The van der Waals surface area contributed by atoms with E-state index in [0.717, 1.165) is 0 Å². The number of imidazole rings is 1. The summed E-state index contributed by atoms with van der Waals surface area (Å²) in [6.07, 6.45) is 3.09. The van der Waals surface area contributed by atoms with E-state index < -0.39 is 10.0 Å². The van der Waals surface area contributed by atoms with E-state index in [1.807, 2.05) is 6.92 Å². The number of aromatic amines is 1. The predicted octanol–water partition coefficient (Wildman–Crippen LogP) is -0.399. The van der Waals surface area contributed by atoms with E-state index in [1.54, 1.807) is 0 Å². The number of nitrogens with two attached hydrogens (primary N) is 1. The zero-order valence-electron chi connectivity index (χ0n) is 11.4. The van der Waals surface area contributed by atoms with Gasteiger partial charge in [-0.15, -0.1) is 0 Å². The van der Waals surface area contributed by atoms with Crippen molar-refractivity contribution in [3.8, 4) is 0 Å². The minimum atomic E-state index is -3.88. The number of hydrogen-bond acceptors (Lipinski definition) is 6.